The number of hydrogen-bond acceptors (Lipinski definition) is 6. The highest BCUT2D eigenvalue weighted by Crippen LogP contribution is 2.23. The van der Waals surface area contributed by atoms with Gasteiger partial charge in [-0.2, -0.15) is 0 Å². The minimum Gasteiger partial charge on any atom is -0.490 e. The molecule has 0 aromatic heterocycles. The van der Waals surface area contributed by atoms with Crippen molar-refractivity contribution in [2.75, 3.05) is 37.7 Å². The molecular formula is C27H36N4O3. The molecule has 0 amide bonds. The van der Waals surface area contributed by atoms with E-state index in [0.29, 0.717) is 31.6 Å². The lowest BCUT2D eigenvalue weighted by Gasteiger charge is -2.25. The maximum Gasteiger partial charge on any atom is 0.305 e. The molecule has 0 bridgehead atoms. The molecule has 3 rings (SSSR count). The number of nitrogens with one attached hydrogen (secondary N) is 2. The largest absolute Gasteiger partial charge is 0.490 e. The summed E-state index contributed by atoms with van der Waals surface area (Å²) in [5.74, 6) is 0.783. The molecule has 0 aliphatic carbocycles. The van der Waals surface area contributed by atoms with Crippen LogP contribution in [0.2, 0.25) is 0 Å². The molecule has 1 aliphatic rings. The number of nitrogen functional groups attached to an aromatic ring is 1. The van der Waals surface area contributed by atoms with Crippen molar-refractivity contribution < 1.29 is 14.3 Å². The van der Waals surface area contributed by atoms with Gasteiger partial charge in [0.05, 0.1) is 6.61 Å². The van der Waals surface area contributed by atoms with Crippen molar-refractivity contribution in [3.8, 4) is 5.75 Å². The second-order valence-electron chi connectivity index (χ2n) is 8.36. The van der Waals surface area contributed by atoms with Gasteiger partial charge in [0, 0.05) is 30.8 Å². The van der Waals surface area contributed by atoms with Crippen LogP contribution in [0.25, 0.3) is 6.08 Å². The Morgan fingerprint density at radius 2 is 1.97 bits per heavy atom. The number of amidine groups is 1. The summed E-state index contributed by atoms with van der Waals surface area (Å²) in [7, 11) is 0. The maximum absolute atomic E-state index is 11.8. The van der Waals surface area contributed by atoms with E-state index in [0.717, 1.165) is 49.5 Å². The molecule has 2 aromatic rings. The van der Waals surface area contributed by atoms with Crippen LogP contribution in [0.5, 0.6) is 5.75 Å². The number of benzene rings is 2. The molecule has 2 aromatic carbocycles. The van der Waals surface area contributed by atoms with Crippen LogP contribution in [-0.2, 0) is 9.53 Å². The van der Waals surface area contributed by atoms with Crippen LogP contribution in [-0.4, -0.2) is 50.7 Å². The molecule has 7 heteroatoms. The topological polar surface area (TPSA) is 101 Å². The van der Waals surface area contributed by atoms with Gasteiger partial charge in [-0.1, -0.05) is 30.4 Å². The van der Waals surface area contributed by atoms with E-state index in [1.165, 1.54) is 0 Å². The summed E-state index contributed by atoms with van der Waals surface area (Å²) in [5, 5.41) is 11.0. The molecule has 182 valence electrons. The van der Waals surface area contributed by atoms with Gasteiger partial charge in [-0.3, -0.25) is 10.2 Å². The number of carbonyl (C=O) groups excluding carboxylic acids is 1. The Kier molecular flexibility index (Phi) is 9.98. The first-order valence-electron chi connectivity index (χ1n) is 12.0. The zero-order valence-electron chi connectivity index (χ0n) is 20.0. The smallest absolute Gasteiger partial charge is 0.305 e. The van der Waals surface area contributed by atoms with Crippen molar-refractivity contribution in [3.05, 3.63) is 65.7 Å². The first-order valence-corrected chi connectivity index (χ1v) is 12.0. The normalized spacial score (nSPS) is 14.1. The Labute approximate surface area is 202 Å². The van der Waals surface area contributed by atoms with Gasteiger partial charge in [-0.05, 0) is 75.2 Å². The van der Waals surface area contributed by atoms with E-state index in [9.17, 15) is 4.79 Å². The minimum absolute atomic E-state index is 0.0580. The molecule has 0 spiro atoms. The van der Waals surface area contributed by atoms with Crippen LogP contribution in [0, 0.1) is 5.41 Å². The Morgan fingerprint density at radius 1 is 1.21 bits per heavy atom. The average Bonchev–Trinajstić information content (AvgIpc) is 2.85. The number of hydrogen-bond donors (Lipinski definition) is 3. The number of ether oxygens (including phenoxy) is 2. The van der Waals surface area contributed by atoms with Gasteiger partial charge in [0.2, 0.25) is 0 Å². The third kappa shape index (κ3) is 8.23. The van der Waals surface area contributed by atoms with Crippen molar-refractivity contribution in [2.24, 2.45) is 5.73 Å². The fourth-order valence-corrected chi connectivity index (χ4v) is 3.94. The van der Waals surface area contributed by atoms with Crippen molar-refractivity contribution in [1.82, 2.24) is 5.32 Å². The molecular weight excluding hydrogens is 428 g/mol. The van der Waals surface area contributed by atoms with E-state index in [-0.39, 0.29) is 17.9 Å². The van der Waals surface area contributed by atoms with E-state index in [1.807, 2.05) is 49.4 Å². The van der Waals surface area contributed by atoms with Gasteiger partial charge >= 0.3 is 5.97 Å². The van der Waals surface area contributed by atoms with Crippen LogP contribution in [0.1, 0.15) is 43.7 Å². The lowest BCUT2D eigenvalue weighted by molar-refractivity contribution is -0.143. The van der Waals surface area contributed by atoms with Crippen LogP contribution < -0.4 is 20.7 Å². The maximum atomic E-state index is 11.8. The summed E-state index contributed by atoms with van der Waals surface area (Å²) in [6, 6.07) is 15.8. The van der Waals surface area contributed by atoms with Crippen molar-refractivity contribution in [1.29, 1.82) is 5.41 Å². The lowest BCUT2D eigenvalue weighted by atomic mass is 10.1. The van der Waals surface area contributed by atoms with Gasteiger partial charge in [0.25, 0.3) is 0 Å². The number of piperidine rings is 1. The summed E-state index contributed by atoms with van der Waals surface area (Å²) in [6.45, 7) is 5.64. The molecule has 0 unspecified atom stereocenters. The van der Waals surface area contributed by atoms with E-state index in [1.54, 1.807) is 0 Å². The number of carbonyl (C=O) groups is 1. The highest BCUT2D eigenvalue weighted by molar-refractivity contribution is 5.95. The quantitative estimate of drug-likeness (QED) is 0.250. The number of rotatable bonds is 12. The van der Waals surface area contributed by atoms with Gasteiger partial charge in [0.15, 0.2) is 0 Å². The second kappa shape index (κ2) is 13.4. The highest BCUT2D eigenvalue weighted by atomic mass is 16.5. The van der Waals surface area contributed by atoms with E-state index >= 15 is 0 Å². The predicted molar refractivity (Wildman–Crippen MR) is 138 cm³/mol. The zero-order chi connectivity index (χ0) is 24.2. The molecule has 7 nitrogen and oxygen atoms in total. The standard InChI is InChI=1S/C27H36N4O3/c1-2-33-26(32)9-5-19-31(18-4-7-21-6-3-8-22(20-21)27(28)29)23-10-12-24(13-11-23)34-25-14-16-30-17-15-25/h3-4,6-8,10-13,20,25,30H,2,5,9,14-19H2,1H3,(H3,28,29). The molecule has 0 radical (unpaired) electrons. The Morgan fingerprint density at radius 3 is 2.68 bits per heavy atom. The molecule has 34 heavy (non-hydrogen) atoms. The van der Waals surface area contributed by atoms with Gasteiger partial charge in [-0.25, -0.2) is 0 Å². The molecule has 1 fully saturated rings. The summed E-state index contributed by atoms with van der Waals surface area (Å²) in [6.07, 6.45) is 7.53. The van der Waals surface area contributed by atoms with Crippen LogP contribution in [0.15, 0.2) is 54.6 Å². The summed E-state index contributed by atoms with van der Waals surface area (Å²) < 4.78 is 11.2. The SMILES string of the molecule is CCOC(=O)CCCN(CC=Cc1cccc(C(=N)N)c1)c1ccc(OC2CCNCC2)cc1. The number of anilines is 1. The lowest BCUT2D eigenvalue weighted by Crippen LogP contribution is -2.34. The molecule has 4 N–H and O–H groups in total. The average molecular weight is 465 g/mol. The molecule has 0 saturated carbocycles. The van der Waals surface area contributed by atoms with E-state index in [2.05, 4.69) is 28.4 Å². The van der Waals surface area contributed by atoms with E-state index < -0.39 is 0 Å². The molecule has 1 aliphatic heterocycles. The Balaban J connectivity index is 1.65. The van der Waals surface area contributed by atoms with Crippen molar-refractivity contribution in [2.45, 2.75) is 38.7 Å². The van der Waals surface area contributed by atoms with Crippen LogP contribution in [0.4, 0.5) is 5.69 Å². The van der Waals surface area contributed by atoms with Crippen LogP contribution >= 0.6 is 0 Å². The summed E-state index contributed by atoms with van der Waals surface area (Å²) in [5.41, 5.74) is 8.38. The predicted octanol–water partition coefficient (Wildman–Crippen LogP) is 3.96. The zero-order valence-corrected chi connectivity index (χ0v) is 20.0. The number of esters is 1. The Bertz CT molecular complexity index is 953. The van der Waals surface area contributed by atoms with Crippen LogP contribution in [0.3, 0.4) is 0 Å². The van der Waals surface area contributed by atoms with Gasteiger partial charge in [0.1, 0.15) is 17.7 Å². The van der Waals surface area contributed by atoms with Gasteiger partial charge < -0.3 is 25.4 Å². The minimum atomic E-state index is -0.162. The summed E-state index contributed by atoms with van der Waals surface area (Å²) in [4.78, 5) is 14.0. The first kappa shape index (κ1) is 25.3. The Hall–Kier alpha value is -3.32. The fourth-order valence-electron chi connectivity index (χ4n) is 3.94. The fraction of sp³-hybridized carbons (Fsp3) is 0.407. The van der Waals surface area contributed by atoms with Gasteiger partial charge in [-0.15, -0.1) is 0 Å². The number of nitrogens with two attached hydrogens (primary N) is 1. The van der Waals surface area contributed by atoms with Crippen molar-refractivity contribution >= 4 is 23.6 Å². The monoisotopic (exact) mass is 464 g/mol. The summed E-state index contributed by atoms with van der Waals surface area (Å²) >= 11 is 0. The molecule has 0 atom stereocenters. The number of nitrogens with zero attached hydrogens (tertiary/aromatic N) is 1. The molecule has 1 heterocycles. The van der Waals surface area contributed by atoms with Crippen molar-refractivity contribution in [3.63, 3.8) is 0 Å². The first-order chi connectivity index (χ1) is 16.5. The third-order valence-electron chi connectivity index (χ3n) is 5.74. The second-order valence-corrected chi connectivity index (χ2v) is 8.36. The molecule has 1 saturated heterocycles. The van der Waals surface area contributed by atoms with E-state index in [4.69, 9.17) is 20.6 Å². The third-order valence-corrected chi connectivity index (χ3v) is 5.74. The highest BCUT2D eigenvalue weighted by Gasteiger charge is 2.15.